The van der Waals surface area contributed by atoms with Crippen LogP contribution in [0.5, 0.6) is 0 Å². The molecule has 1 fully saturated rings. The zero-order valence-corrected chi connectivity index (χ0v) is 11.4. The quantitative estimate of drug-likeness (QED) is 0.820. The Balaban J connectivity index is 1.95. The SMILES string of the molecule is CC1CCCc2cnc(C3CS(=O)(=O)CCN3)n21. The van der Waals surface area contributed by atoms with Gasteiger partial charge >= 0.3 is 0 Å². The maximum absolute atomic E-state index is 11.7. The van der Waals surface area contributed by atoms with Gasteiger partial charge in [-0.05, 0) is 26.2 Å². The maximum Gasteiger partial charge on any atom is 0.153 e. The van der Waals surface area contributed by atoms with E-state index < -0.39 is 9.84 Å². The Hall–Kier alpha value is -0.880. The molecule has 5 nitrogen and oxygen atoms in total. The van der Waals surface area contributed by atoms with Crippen molar-refractivity contribution in [1.82, 2.24) is 14.9 Å². The number of imidazole rings is 1. The molecule has 2 unspecified atom stereocenters. The van der Waals surface area contributed by atoms with Crippen LogP contribution in [-0.4, -0.2) is 36.0 Å². The molecule has 3 heterocycles. The number of fused-ring (bicyclic) bond motifs is 1. The van der Waals surface area contributed by atoms with Crippen molar-refractivity contribution in [1.29, 1.82) is 0 Å². The summed E-state index contributed by atoms with van der Waals surface area (Å²) in [5.41, 5.74) is 1.24. The number of sulfone groups is 1. The molecule has 1 N–H and O–H groups in total. The number of hydrogen-bond donors (Lipinski definition) is 1. The third-order valence-corrected chi connectivity index (χ3v) is 5.60. The lowest BCUT2D eigenvalue weighted by Crippen LogP contribution is -2.40. The second-order valence-corrected chi connectivity index (χ2v) is 7.57. The summed E-state index contributed by atoms with van der Waals surface area (Å²) in [6.07, 6.45) is 5.31. The van der Waals surface area contributed by atoms with Gasteiger partial charge in [0.15, 0.2) is 9.84 Å². The first-order chi connectivity index (χ1) is 8.57. The summed E-state index contributed by atoms with van der Waals surface area (Å²) in [5.74, 6) is 1.32. The van der Waals surface area contributed by atoms with Crippen LogP contribution in [0, 0.1) is 0 Å². The molecular weight excluding hydrogens is 250 g/mol. The minimum absolute atomic E-state index is 0.141. The van der Waals surface area contributed by atoms with E-state index >= 15 is 0 Å². The van der Waals surface area contributed by atoms with Crippen LogP contribution in [0.1, 0.15) is 43.4 Å². The van der Waals surface area contributed by atoms with Gasteiger partial charge in [-0.25, -0.2) is 13.4 Å². The third kappa shape index (κ3) is 2.07. The predicted molar refractivity (Wildman–Crippen MR) is 69.3 cm³/mol. The molecule has 0 amide bonds. The van der Waals surface area contributed by atoms with Crippen LogP contribution in [0.15, 0.2) is 6.20 Å². The lowest BCUT2D eigenvalue weighted by Gasteiger charge is -2.29. The lowest BCUT2D eigenvalue weighted by molar-refractivity contribution is 0.396. The fraction of sp³-hybridized carbons (Fsp3) is 0.750. The molecule has 3 rings (SSSR count). The monoisotopic (exact) mass is 269 g/mol. The molecule has 6 heteroatoms. The molecular formula is C12H19N3O2S. The number of nitrogens with one attached hydrogen (secondary N) is 1. The van der Waals surface area contributed by atoms with Crippen LogP contribution in [0.3, 0.4) is 0 Å². The molecule has 2 aliphatic rings. The normalized spacial score (nSPS) is 30.9. The minimum atomic E-state index is -2.92. The van der Waals surface area contributed by atoms with Gasteiger partial charge in [0, 0.05) is 24.5 Å². The van der Waals surface area contributed by atoms with Gasteiger partial charge in [-0.15, -0.1) is 0 Å². The molecule has 0 bridgehead atoms. The van der Waals surface area contributed by atoms with Crippen molar-refractivity contribution < 1.29 is 8.42 Å². The van der Waals surface area contributed by atoms with E-state index in [0.29, 0.717) is 12.6 Å². The van der Waals surface area contributed by atoms with Crippen LogP contribution < -0.4 is 5.32 Å². The van der Waals surface area contributed by atoms with Crippen molar-refractivity contribution >= 4 is 9.84 Å². The highest BCUT2D eigenvalue weighted by Crippen LogP contribution is 2.29. The van der Waals surface area contributed by atoms with E-state index in [2.05, 4.69) is 21.8 Å². The zero-order valence-electron chi connectivity index (χ0n) is 10.6. The molecule has 1 saturated heterocycles. The summed E-state index contributed by atoms with van der Waals surface area (Å²) in [5, 5.41) is 3.29. The minimum Gasteiger partial charge on any atom is -0.328 e. The molecule has 2 atom stereocenters. The van der Waals surface area contributed by atoms with E-state index in [0.717, 1.165) is 18.7 Å². The largest absolute Gasteiger partial charge is 0.328 e. The summed E-state index contributed by atoms with van der Waals surface area (Å²) in [7, 11) is -2.92. The Kier molecular flexibility index (Phi) is 2.94. The fourth-order valence-electron chi connectivity index (χ4n) is 3.02. The lowest BCUT2D eigenvalue weighted by atomic mass is 10.0. The highest BCUT2D eigenvalue weighted by Gasteiger charge is 2.31. The molecule has 0 aliphatic carbocycles. The molecule has 18 heavy (non-hydrogen) atoms. The summed E-state index contributed by atoms with van der Waals surface area (Å²) < 4.78 is 25.7. The summed E-state index contributed by atoms with van der Waals surface area (Å²) in [6, 6.07) is 0.288. The van der Waals surface area contributed by atoms with Gasteiger partial charge in [-0.1, -0.05) is 0 Å². The molecule has 100 valence electrons. The summed E-state index contributed by atoms with van der Waals surface area (Å²) in [4.78, 5) is 4.47. The van der Waals surface area contributed by atoms with E-state index in [1.807, 2.05) is 6.20 Å². The van der Waals surface area contributed by atoms with Crippen molar-refractivity contribution in [2.75, 3.05) is 18.1 Å². The number of aromatic nitrogens is 2. The van der Waals surface area contributed by atoms with Gasteiger partial charge in [0.25, 0.3) is 0 Å². The van der Waals surface area contributed by atoms with Crippen molar-refractivity contribution in [3.8, 4) is 0 Å². The van der Waals surface area contributed by atoms with Gasteiger partial charge in [-0.3, -0.25) is 0 Å². The van der Waals surface area contributed by atoms with E-state index in [1.54, 1.807) is 0 Å². The molecule has 1 aromatic heterocycles. The fourth-order valence-corrected chi connectivity index (χ4v) is 4.39. The van der Waals surface area contributed by atoms with E-state index in [1.165, 1.54) is 12.1 Å². The topological polar surface area (TPSA) is 64.0 Å². The Bertz CT molecular complexity index is 550. The van der Waals surface area contributed by atoms with Crippen molar-refractivity contribution in [3.63, 3.8) is 0 Å². The molecule has 2 aliphatic heterocycles. The average molecular weight is 269 g/mol. The molecule has 0 spiro atoms. The van der Waals surface area contributed by atoms with Crippen LogP contribution >= 0.6 is 0 Å². The average Bonchev–Trinajstić information content (AvgIpc) is 2.73. The first-order valence-electron chi connectivity index (χ1n) is 6.56. The van der Waals surface area contributed by atoms with Gasteiger partial charge in [0.2, 0.25) is 0 Å². The Labute approximate surface area is 108 Å². The highest BCUT2D eigenvalue weighted by molar-refractivity contribution is 7.91. The Morgan fingerprint density at radius 3 is 3.11 bits per heavy atom. The van der Waals surface area contributed by atoms with Crippen LogP contribution in [0.4, 0.5) is 0 Å². The first kappa shape index (κ1) is 12.2. The van der Waals surface area contributed by atoms with Gasteiger partial charge in [0.1, 0.15) is 5.82 Å². The van der Waals surface area contributed by atoms with Crippen molar-refractivity contribution in [3.05, 3.63) is 17.7 Å². The highest BCUT2D eigenvalue weighted by atomic mass is 32.2. The number of rotatable bonds is 1. The molecule has 1 aromatic rings. The van der Waals surface area contributed by atoms with Crippen molar-refractivity contribution in [2.24, 2.45) is 0 Å². The third-order valence-electron chi connectivity index (χ3n) is 3.93. The summed E-state index contributed by atoms with van der Waals surface area (Å²) >= 11 is 0. The summed E-state index contributed by atoms with van der Waals surface area (Å²) in [6.45, 7) is 2.72. The molecule has 0 radical (unpaired) electrons. The van der Waals surface area contributed by atoms with Crippen LogP contribution in [0.25, 0.3) is 0 Å². The maximum atomic E-state index is 11.7. The first-order valence-corrected chi connectivity index (χ1v) is 8.39. The van der Waals surface area contributed by atoms with Gasteiger partial charge < -0.3 is 9.88 Å². The van der Waals surface area contributed by atoms with E-state index in [9.17, 15) is 8.42 Å². The number of aryl methyl sites for hydroxylation is 1. The number of hydrogen-bond acceptors (Lipinski definition) is 4. The second kappa shape index (κ2) is 4.35. The standard InChI is InChI=1S/C12H19N3O2S/c1-9-3-2-4-10-7-14-12(15(9)10)11-8-18(16,17)6-5-13-11/h7,9,11,13H,2-6,8H2,1H3. The number of nitrogens with zero attached hydrogens (tertiary/aromatic N) is 2. The zero-order chi connectivity index (χ0) is 12.8. The molecule has 0 aromatic carbocycles. The van der Waals surface area contributed by atoms with Crippen molar-refractivity contribution in [2.45, 2.75) is 38.3 Å². The van der Waals surface area contributed by atoms with E-state index in [-0.39, 0.29) is 17.5 Å². The van der Waals surface area contributed by atoms with Crippen LogP contribution in [0.2, 0.25) is 0 Å². The van der Waals surface area contributed by atoms with Gasteiger partial charge in [0.05, 0.1) is 17.5 Å². The molecule has 0 saturated carbocycles. The Morgan fingerprint density at radius 1 is 1.50 bits per heavy atom. The predicted octanol–water partition coefficient (Wildman–Crippen LogP) is 0.839. The smallest absolute Gasteiger partial charge is 0.153 e. The van der Waals surface area contributed by atoms with Crippen LogP contribution in [-0.2, 0) is 16.3 Å². The Morgan fingerprint density at radius 2 is 2.33 bits per heavy atom. The van der Waals surface area contributed by atoms with Gasteiger partial charge in [-0.2, -0.15) is 0 Å². The second-order valence-electron chi connectivity index (χ2n) is 5.34. The van der Waals surface area contributed by atoms with E-state index in [4.69, 9.17) is 0 Å².